The van der Waals surface area contributed by atoms with Gasteiger partial charge in [0.2, 0.25) is 12.5 Å². The molecule has 10 nitrogen and oxygen atoms in total. The first-order valence-electron chi connectivity index (χ1n) is 13.9. The molecule has 0 bridgehead atoms. The second-order valence-corrected chi connectivity index (χ2v) is 11.3. The Morgan fingerprint density at radius 3 is 2.41 bits per heavy atom. The van der Waals surface area contributed by atoms with Gasteiger partial charge in [-0.2, -0.15) is 5.10 Å². The van der Waals surface area contributed by atoms with E-state index < -0.39 is 11.4 Å². The SMILES string of the molecule is [C-]#[N+]CC1(n2cc(C(N)=O)c(NC(=O)C3CC3)n2)CCN(Cc2ccc(-c3cccc(C(=O)N(C)C)c3)cc2)CC1. The lowest BCUT2D eigenvalue weighted by Crippen LogP contribution is -2.47. The quantitative estimate of drug-likeness (QED) is 0.393. The summed E-state index contributed by atoms with van der Waals surface area (Å²) in [6.45, 7) is 10.1. The van der Waals surface area contributed by atoms with Gasteiger partial charge in [0.25, 0.3) is 11.8 Å². The van der Waals surface area contributed by atoms with Crippen molar-refractivity contribution in [3.8, 4) is 11.1 Å². The fourth-order valence-electron chi connectivity index (χ4n) is 5.34. The number of amides is 3. The average molecular weight is 554 g/mol. The normalized spacial score (nSPS) is 16.5. The topological polar surface area (TPSA) is 118 Å². The van der Waals surface area contributed by atoms with Crippen LogP contribution in [-0.4, -0.2) is 71.0 Å². The molecule has 3 aromatic rings. The first-order valence-corrected chi connectivity index (χ1v) is 13.9. The molecule has 5 rings (SSSR count). The predicted octanol–water partition coefficient (Wildman–Crippen LogP) is 3.61. The number of nitrogens with two attached hydrogens (primary N) is 1. The highest BCUT2D eigenvalue weighted by Gasteiger charge is 2.41. The van der Waals surface area contributed by atoms with E-state index in [1.165, 1.54) is 5.56 Å². The van der Waals surface area contributed by atoms with Crippen LogP contribution in [0.15, 0.2) is 54.7 Å². The van der Waals surface area contributed by atoms with Gasteiger partial charge in [-0.1, -0.05) is 36.4 Å². The zero-order valence-electron chi connectivity index (χ0n) is 23.5. The third kappa shape index (κ3) is 6.15. The lowest BCUT2D eigenvalue weighted by molar-refractivity contribution is -0.117. The molecule has 10 heteroatoms. The summed E-state index contributed by atoms with van der Waals surface area (Å²) in [5, 5.41) is 7.33. The fourth-order valence-corrected chi connectivity index (χ4v) is 5.34. The van der Waals surface area contributed by atoms with Gasteiger partial charge in [0.15, 0.2) is 5.82 Å². The largest absolute Gasteiger partial charge is 0.365 e. The van der Waals surface area contributed by atoms with Crippen LogP contribution in [-0.2, 0) is 16.9 Å². The highest BCUT2D eigenvalue weighted by Crippen LogP contribution is 2.34. The molecule has 1 saturated heterocycles. The minimum absolute atomic E-state index is 0.0249. The van der Waals surface area contributed by atoms with E-state index in [0.717, 1.165) is 43.6 Å². The summed E-state index contributed by atoms with van der Waals surface area (Å²) < 4.78 is 1.69. The average Bonchev–Trinajstić information content (AvgIpc) is 3.74. The minimum Gasteiger partial charge on any atom is -0.365 e. The van der Waals surface area contributed by atoms with Crippen molar-refractivity contribution >= 4 is 23.5 Å². The molecule has 3 amide bonds. The number of rotatable bonds is 9. The first-order chi connectivity index (χ1) is 19.7. The summed E-state index contributed by atoms with van der Waals surface area (Å²) in [6.07, 6.45) is 4.62. The Labute approximate surface area is 239 Å². The van der Waals surface area contributed by atoms with E-state index in [0.29, 0.717) is 18.4 Å². The zero-order valence-corrected chi connectivity index (χ0v) is 23.5. The fraction of sp³-hybridized carbons (Fsp3) is 0.387. The van der Waals surface area contributed by atoms with Crippen molar-refractivity contribution < 1.29 is 14.4 Å². The van der Waals surface area contributed by atoms with Crippen LogP contribution < -0.4 is 11.1 Å². The summed E-state index contributed by atoms with van der Waals surface area (Å²) in [4.78, 5) is 44.5. The highest BCUT2D eigenvalue weighted by molar-refractivity contribution is 6.02. The van der Waals surface area contributed by atoms with Gasteiger partial charge in [-0.3, -0.25) is 24.0 Å². The smallest absolute Gasteiger partial charge is 0.254 e. The Morgan fingerprint density at radius 1 is 1.10 bits per heavy atom. The number of carbonyl (C=O) groups is 3. The third-order valence-corrected chi connectivity index (χ3v) is 8.02. The van der Waals surface area contributed by atoms with E-state index in [1.807, 2.05) is 24.3 Å². The molecule has 1 saturated carbocycles. The molecule has 212 valence electrons. The van der Waals surface area contributed by atoms with Gasteiger partial charge in [0.05, 0.1) is 0 Å². The van der Waals surface area contributed by atoms with Crippen LogP contribution in [0.4, 0.5) is 5.82 Å². The molecule has 2 heterocycles. The molecule has 2 aliphatic rings. The molecule has 2 fully saturated rings. The summed E-state index contributed by atoms with van der Waals surface area (Å²) in [6, 6.07) is 16.0. The van der Waals surface area contributed by atoms with Crippen molar-refractivity contribution in [2.45, 2.75) is 37.8 Å². The van der Waals surface area contributed by atoms with Gasteiger partial charge < -0.3 is 20.8 Å². The number of aromatic nitrogens is 2. The second kappa shape index (κ2) is 11.6. The van der Waals surface area contributed by atoms with Crippen molar-refractivity contribution in [3.63, 3.8) is 0 Å². The predicted molar refractivity (Wildman–Crippen MR) is 156 cm³/mol. The van der Waals surface area contributed by atoms with Gasteiger partial charge in [0, 0.05) is 51.4 Å². The molecule has 1 aliphatic carbocycles. The zero-order chi connectivity index (χ0) is 29.1. The molecule has 41 heavy (non-hydrogen) atoms. The van der Waals surface area contributed by atoms with Crippen LogP contribution in [0.25, 0.3) is 16.0 Å². The number of hydrogen-bond acceptors (Lipinski definition) is 5. The number of nitrogens with one attached hydrogen (secondary N) is 1. The molecule has 0 radical (unpaired) electrons. The molecule has 3 N–H and O–H groups in total. The summed E-state index contributed by atoms with van der Waals surface area (Å²) in [5.41, 5.74) is 9.06. The van der Waals surface area contributed by atoms with Crippen molar-refractivity contribution in [2.24, 2.45) is 11.7 Å². The summed E-state index contributed by atoms with van der Waals surface area (Å²) >= 11 is 0. The van der Waals surface area contributed by atoms with E-state index >= 15 is 0 Å². The molecule has 0 spiro atoms. The second-order valence-electron chi connectivity index (χ2n) is 11.3. The number of nitrogens with zero attached hydrogens (tertiary/aromatic N) is 5. The first kappa shape index (κ1) is 28.1. The Kier molecular flexibility index (Phi) is 7.90. The van der Waals surface area contributed by atoms with E-state index in [9.17, 15) is 14.4 Å². The summed E-state index contributed by atoms with van der Waals surface area (Å²) in [5.74, 6) is -0.682. The minimum atomic E-state index is -0.655. The molecule has 0 unspecified atom stereocenters. The van der Waals surface area contributed by atoms with Gasteiger partial charge in [0.1, 0.15) is 11.1 Å². The number of hydrogen-bond donors (Lipinski definition) is 2. The number of benzene rings is 2. The highest BCUT2D eigenvalue weighted by atomic mass is 16.2. The van der Waals surface area contributed by atoms with Crippen LogP contribution in [0.2, 0.25) is 0 Å². The lowest BCUT2D eigenvalue weighted by Gasteiger charge is -2.38. The van der Waals surface area contributed by atoms with E-state index in [1.54, 1.807) is 29.9 Å². The van der Waals surface area contributed by atoms with Gasteiger partial charge in [-0.25, -0.2) is 6.57 Å². The van der Waals surface area contributed by atoms with E-state index in [2.05, 4.69) is 44.4 Å². The number of anilines is 1. The van der Waals surface area contributed by atoms with Crippen LogP contribution in [0.1, 0.15) is 52.0 Å². The molecule has 1 aromatic heterocycles. The van der Waals surface area contributed by atoms with Crippen LogP contribution in [0, 0.1) is 12.5 Å². The maximum Gasteiger partial charge on any atom is 0.254 e. The number of primary amides is 1. The van der Waals surface area contributed by atoms with E-state index in [4.69, 9.17) is 12.3 Å². The maximum absolute atomic E-state index is 12.4. The molecular weight excluding hydrogens is 518 g/mol. The van der Waals surface area contributed by atoms with Gasteiger partial charge in [-0.05, 0) is 54.5 Å². The Morgan fingerprint density at radius 2 is 1.80 bits per heavy atom. The van der Waals surface area contributed by atoms with Crippen molar-refractivity contribution in [3.05, 3.63) is 82.8 Å². The van der Waals surface area contributed by atoms with Crippen LogP contribution in [0.5, 0.6) is 0 Å². The number of likely N-dealkylation sites (tertiary alicyclic amines) is 1. The van der Waals surface area contributed by atoms with E-state index in [-0.39, 0.29) is 35.7 Å². The number of carbonyl (C=O) groups excluding carboxylic acids is 3. The van der Waals surface area contributed by atoms with Crippen molar-refractivity contribution in [1.29, 1.82) is 0 Å². The van der Waals surface area contributed by atoms with Crippen molar-refractivity contribution in [1.82, 2.24) is 19.6 Å². The number of piperidine rings is 1. The monoisotopic (exact) mass is 553 g/mol. The Hall–Kier alpha value is -4.49. The molecular formula is C31H35N7O3. The van der Waals surface area contributed by atoms with Crippen molar-refractivity contribution in [2.75, 3.05) is 39.0 Å². The van der Waals surface area contributed by atoms with Gasteiger partial charge in [-0.15, -0.1) is 0 Å². The third-order valence-electron chi connectivity index (χ3n) is 8.02. The maximum atomic E-state index is 12.4. The van der Waals surface area contributed by atoms with Crippen LogP contribution in [0.3, 0.4) is 0 Å². The Bertz CT molecular complexity index is 1490. The Balaban J connectivity index is 1.26. The van der Waals surface area contributed by atoms with Crippen LogP contribution >= 0.6 is 0 Å². The molecule has 0 atom stereocenters. The van der Waals surface area contributed by atoms with Gasteiger partial charge >= 0.3 is 0 Å². The molecule has 2 aromatic carbocycles. The molecule has 1 aliphatic heterocycles. The lowest BCUT2D eigenvalue weighted by atomic mass is 9.87. The summed E-state index contributed by atoms with van der Waals surface area (Å²) in [7, 11) is 3.49. The standard InChI is InChI=1S/C31H35N7O3/c1-33-20-31(38-19-26(27(32)39)28(35-38)34-29(40)23-11-12-23)13-15-37(16-14-31)18-21-7-9-22(10-8-21)24-5-4-6-25(17-24)30(41)36(2)3/h4-10,17,19,23H,11-16,18,20H2,2-3H3,(H2,32,39)(H,34,35,40).